The molecule has 1 aromatic carbocycles. The number of carbonyl (C=O) groups excluding carboxylic acids is 1. The zero-order valence-corrected chi connectivity index (χ0v) is 13.7. The Kier molecular flexibility index (Phi) is 5.67. The number of likely N-dealkylation sites (tertiary alicyclic amines) is 1. The number of rotatable bonds is 7. The Balaban J connectivity index is 1.48. The zero-order chi connectivity index (χ0) is 16.8. The van der Waals surface area contributed by atoms with Gasteiger partial charge in [0.2, 0.25) is 5.91 Å². The number of aliphatic hydroxyl groups is 1. The summed E-state index contributed by atoms with van der Waals surface area (Å²) in [5.74, 6) is 0.744. The molecule has 128 valence electrons. The highest BCUT2D eigenvalue weighted by Gasteiger charge is 2.28. The average molecular weight is 328 g/mol. The first kappa shape index (κ1) is 16.7. The molecule has 2 atom stereocenters. The minimum Gasteiger partial charge on any atom is -0.467 e. The lowest BCUT2D eigenvalue weighted by Gasteiger charge is -2.26. The number of hydrogen-bond acceptors (Lipinski definition) is 4. The minimum absolute atomic E-state index is 0.00694. The largest absolute Gasteiger partial charge is 0.467 e. The number of aliphatic hydroxyl groups excluding tert-OH is 1. The van der Waals surface area contributed by atoms with Crippen molar-refractivity contribution in [2.45, 2.75) is 38.0 Å². The standard InChI is InChI=1S/C19H24N2O3/c22-18(15-6-2-1-3-7-15)12-16-8-4-10-21(16)14-19(23)20-13-17-9-5-11-24-17/h1-3,5-7,9,11,16,18,22H,4,8,10,12-14H2,(H,20,23)/t16-,18+/m1/s1. The van der Waals surface area contributed by atoms with Gasteiger partial charge < -0.3 is 14.8 Å². The molecule has 0 bridgehead atoms. The van der Waals surface area contributed by atoms with Gasteiger partial charge in [0.05, 0.1) is 25.5 Å². The lowest BCUT2D eigenvalue weighted by Crippen LogP contribution is -2.40. The van der Waals surface area contributed by atoms with E-state index in [4.69, 9.17) is 4.42 Å². The van der Waals surface area contributed by atoms with E-state index in [2.05, 4.69) is 10.2 Å². The van der Waals surface area contributed by atoms with Crippen LogP contribution in [0, 0.1) is 0 Å². The minimum atomic E-state index is -0.483. The van der Waals surface area contributed by atoms with E-state index in [1.807, 2.05) is 42.5 Å². The first-order valence-corrected chi connectivity index (χ1v) is 8.48. The smallest absolute Gasteiger partial charge is 0.234 e. The predicted molar refractivity (Wildman–Crippen MR) is 91.2 cm³/mol. The average Bonchev–Trinajstić information content (AvgIpc) is 3.26. The quantitative estimate of drug-likeness (QED) is 0.819. The van der Waals surface area contributed by atoms with Crippen molar-refractivity contribution in [1.82, 2.24) is 10.2 Å². The molecule has 1 fully saturated rings. The molecule has 0 aliphatic carbocycles. The van der Waals surface area contributed by atoms with Gasteiger partial charge in [-0.2, -0.15) is 0 Å². The van der Waals surface area contributed by atoms with Crippen molar-refractivity contribution < 1.29 is 14.3 Å². The van der Waals surface area contributed by atoms with Gasteiger partial charge >= 0.3 is 0 Å². The normalized spacial score (nSPS) is 19.3. The van der Waals surface area contributed by atoms with Crippen LogP contribution >= 0.6 is 0 Å². The van der Waals surface area contributed by atoms with Crippen LogP contribution in [0.2, 0.25) is 0 Å². The van der Waals surface area contributed by atoms with Gasteiger partial charge in [0.15, 0.2) is 0 Å². The molecule has 1 aromatic heterocycles. The van der Waals surface area contributed by atoms with E-state index in [1.54, 1.807) is 6.26 Å². The maximum absolute atomic E-state index is 12.1. The molecule has 5 nitrogen and oxygen atoms in total. The number of carbonyl (C=O) groups is 1. The highest BCUT2D eigenvalue weighted by atomic mass is 16.3. The van der Waals surface area contributed by atoms with Crippen molar-refractivity contribution >= 4 is 5.91 Å². The van der Waals surface area contributed by atoms with E-state index in [9.17, 15) is 9.90 Å². The second kappa shape index (κ2) is 8.13. The summed E-state index contributed by atoms with van der Waals surface area (Å²) >= 11 is 0. The van der Waals surface area contributed by atoms with Gasteiger partial charge in [0.1, 0.15) is 5.76 Å². The number of amides is 1. The van der Waals surface area contributed by atoms with Gasteiger partial charge in [-0.1, -0.05) is 30.3 Å². The molecule has 2 heterocycles. The number of furan rings is 1. The number of benzene rings is 1. The van der Waals surface area contributed by atoms with E-state index < -0.39 is 6.10 Å². The first-order valence-electron chi connectivity index (χ1n) is 8.48. The summed E-state index contributed by atoms with van der Waals surface area (Å²) in [6.07, 6.45) is 3.87. The highest BCUT2D eigenvalue weighted by molar-refractivity contribution is 5.78. The zero-order valence-electron chi connectivity index (χ0n) is 13.7. The Morgan fingerprint density at radius 1 is 1.29 bits per heavy atom. The monoisotopic (exact) mass is 328 g/mol. The Morgan fingerprint density at radius 3 is 2.88 bits per heavy atom. The van der Waals surface area contributed by atoms with Crippen LogP contribution in [-0.4, -0.2) is 35.0 Å². The molecule has 1 aliphatic heterocycles. The fourth-order valence-electron chi connectivity index (χ4n) is 3.28. The van der Waals surface area contributed by atoms with Crippen LogP contribution in [0.25, 0.3) is 0 Å². The Morgan fingerprint density at radius 2 is 2.12 bits per heavy atom. The highest BCUT2D eigenvalue weighted by Crippen LogP contribution is 2.27. The van der Waals surface area contributed by atoms with Crippen LogP contribution < -0.4 is 5.32 Å². The number of nitrogens with one attached hydrogen (secondary N) is 1. The topological polar surface area (TPSA) is 65.7 Å². The van der Waals surface area contributed by atoms with Crippen molar-refractivity contribution in [2.75, 3.05) is 13.1 Å². The molecule has 1 saturated heterocycles. The predicted octanol–water partition coefficient (Wildman–Crippen LogP) is 2.48. The summed E-state index contributed by atoms with van der Waals surface area (Å²) < 4.78 is 5.22. The lowest BCUT2D eigenvalue weighted by atomic mass is 10.0. The third kappa shape index (κ3) is 4.46. The molecule has 3 rings (SSSR count). The van der Waals surface area contributed by atoms with Crippen LogP contribution in [0.1, 0.15) is 36.7 Å². The second-order valence-electron chi connectivity index (χ2n) is 6.28. The van der Waals surface area contributed by atoms with Crippen LogP contribution in [-0.2, 0) is 11.3 Å². The number of hydrogen-bond donors (Lipinski definition) is 2. The van der Waals surface area contributed by atoms with Gasteiger partial charge in [-0.15, -0.1) is 0 Å². The van der Waals surface area contributed by atoms with Gasteiger partial charge in [-0.3, -0.25) is 9.69 Å². The fraction of sp³-hybridized carbons (Fsp3) is 0.421. The summed E-state index contributed by atoms with van der Waals surface area (Å²) in [6.45, 7) is 1.68. The maximum atomic E-state index is 12.1. The van der Waals surface area contributed by atoms with E-state index in [1.165, 1.54) is 0 Å². The summed E-state index contributed by atoms with van der Waals surface area (Å²) in [5, 5.41) is 13.3. The van der Waals surface area contributed by atoms with Crippen molar-refractivity contribution in [1.29, 1.82) is 0 Å². The van der Waals surface area contributed by atoms with Crippen molar-refractivity contribution in [3.05, 3.63) is 60.1 Å². The summed E-state index contributed by atoms with van der Waals surface area (Å²) in [5.41, 5.74) is 0.937. The molecule has 2 N–H and O–H groups in total. The van der Waals surface area contributed by atoms with Crippen LogP contribution in [0.4, 0.5) is 0 Å². The third-order valence-corrected chi connectivity index (χ3v) is 4.57. The molecule has 0 spiro atoms. The van der Waals surface area contributed by atoms with Gasteiger partial charge in [-0.05, 0) is 43.5 Å². The molecule has 1 amide bonds. The Hall–Kier alpha value is -2.11. The van der Waals surface area contributed by atoms with Crippen LogP contribution in [0.15, 0.2) is 53.1 Å². The molecule has 0 unspecified atom stereocenters. The maximum Gasteiger partial charge on any atom is 0.234 e. The summed E-state index contributed by atoms with van der Waals surface area (Å²) in [7, 11) is 0. The fourth-order valence-corrected chi connectivity index (χ4v) is 3.28. The van der Waals surface area contributed by atoms with E-state index >= 15 is 0 Å². The first-order chi connectivity index (χ1) is 11.7. The van der Waals surface area contributed by atoms with Crippen molar-refractivity contribution in [3.63, 3.8) is 0 Å². The third-order valence-electron chi connectivity index (χ3n) is 4.57. The van der Waals surface area contributed by atoms with Crippen molar-refractivity contribution in [3.8, 4) is 0 Å². The van der Waals surface area contributed by atoms with Gasteiger partial charge in [0.25, 0.3) is 0 Å². The molecule has 24 heavy (non-hydrogen) atoms. The molecular weight excluding hydrogens is 304 g/mol. The summed E-state index contributed by atoms with van der Waals surface area (Å²) in [4.78, 5) is 14.3. The van der Waals surface area contributed by atoms with Gasteiger partial charge in [-0.25, -0.2) is 0 Å². The second-order valence-corrected chi connectivity index (χ2v) is 6.28. The van der Waals surface area contributed by atoms with E-state index in [0.717, 1.165) is 30.7 Å². The van der Waals surface area contributed by atoms with Crippen molar-refractivity contribution in [2.24, 2.45) is 0 Å². The SMILES string of the molecule is O=C(CN1CCC[C@@H]1C[C@H](O)c1ccccc1)NCc1ccco1. The molecule has 0 saturated carbocycles. The summed E-state index contributed by atoms with van der Waals surface area (Å²) in [6, 6.07) is 13.6. The molecular formula is C19H24N2O3. The molecule has 2 aromatic rings. The Labute approximate surface area is 142 Å². The van der Waals surface area contributed by atoms with Crippen LogP contribution in [0.3, 0.4) is 0 Å². The van der Waals surface area contributed by atoms with Crippen LogP contribution in [0.5, 0.6) is 0 Å². The van der Waals surface area contributed by atoms with E-state index in [-0.39, 0.29) is 11.9 Å². The molecule has 0 radical (unpaired) electrons. The lowest BCUT2D eigenvalue weighted by molar-refractivity contribution is -0.122. The van der Waals surface area contributed by atoms with Gasteiger partial charge in [0, 0.05) is 6.04 Å². The Bertz CT molecular complexity index is 627. The molecule has 1 aliphatic rings. The number of nitrogens with zero attached hydrogens (tertiary/aromatic N) is 1. The molecule has 5 heteroatoms. The van der Waals surface area contributed by atoms with E-state index in [0.29, 0.717) is 19.5 Å².